The van der Waals surface area contributed by atoms with E-state index in [1.54, 1.807) is 11.8 Å². The molecule has 1 fully saturated rings. The van der Waals surface area contributed by atoms with Gasteiger partial charge in [0, 0.05) is 17.2 Å². The lowest BCUT2D eigenvalue weighted by Crippen LogP contribution is -2.34. The lowest BCUT2D eigenvalue weighted by atomic mass is 9.92. The van der Waals surface area contributed by atoms with Crippen LogP contribution in [0.5, 0.6) is 0 Å². The summed E-state index contributed by atoms with van der Waals surface area (Å²) in [5.74, 6) is 1.76. The highest BCUT2D eigenvalue weighted by Gasteiger charge is 2.37. The van der Waals surface area contributed by atoms with Crippen molar-refractivity contribution in [2.75, 3.05) is 11.1 Å². The molecule has 100 valence electrons. The molecule has 0 bridgehead atoms. The van der Waals surface area contributed by atoms with Crippen molar-refractivity contribution in [1.82, 2.24) is 10.2 Å². The Morgan fingerprint density at radius 1 is 1.56 bits per heavy atom. The Morgan fingerprint density at radius 3 is 2.78 bits per heavy atom. The van der Waals surface area contributed by atoms with Gasteiger partial charge in [0.1, 0.15) is 0 Å². The van der Waals surface area contributed by atoms with Crippen molar-refractivity contribution in [2.24, 2.45) is 0 Å². The van der Waals surface area contributed by atoms with E-state index in [0.29, 0.717) is 5.82 Å². The molecule has 1 saturated heterocycles. The van der Waals surface area contributed by atoms with Gasteiger partial charge in [-0.25, -0.2) is 0 Å². The fourth-order valence-electron chi connectivity index (χ4n) is 1.98. The number of H-pyrrole nitrogens is 1. The molecule has 2 rings (SSSR count). The third kappa shape index (κ3) is 2.71. The molecule has 5 heteroatoms. The van der Waals surface area contributed by atoms with Gasteiger partial charge in [0.15, 0.2) is 5.82 Å². The van der Waals surface area contributed by atoms with Crippen LogP contribution in [-0.4, -0.2) is 26.6 Å². The van der Waals surface area contributed by atoms with Crippen LogP contribution >= 0.6 is 11.8 Å². The average molecular weight is 267 g/mol. The quantitative estimate of drug-likeness (QED) is 0.866. The lowest BCUT2D eigenvalue weighted by molar-refractivity contribution is -0.118. The number of hydrogen-bond acceptors (Lipinski definition) is 3. The zero-order chi connectivity index (χ0) is 13.4. The van der Waals surface area contributed by atoms with Crippen molar-refractivity contribution < 1.29 is 4.79 Å². The van der Waals surface area contributed by atoms with Gasteiger partial charge in [-0.15, -0.1) is 11.8 Å². The van der Waals surface area contributed by atoms with Gasteiger partial charge in [-0.1, -0.05) is 20.8 Å². The lowest BCUT2D eigenvalue weighted by Gasteiger charge is -2.20. The predicted molar refractivity (Wildman–Crippen MR) is 76.0 cm³/mol. The van der Waals surface area contributed by atoms with Crippen LogP contribution in [0.4, 0.5) is 5.82 Å². The van der Waals surface area contributed by atoms with Crippen molar-refractivity contribution in [1.29, 1.82) is 0 Å². The van der Waals surface area contributed by atoms with Crippen LogP contribution < -0.4 is 5.32 Å². The van der Waals surface area contributed by atoms with Crippen molar-refractivity contribution in [3.05, 3.63) is 11.8 Å². The van der Waals surface area contributed by atoms with E-state index in [0.717, 1.165) is 24.3 Å². The van der Waals surface area contributed by atoms with Gasteiger partial charge in [0.2, 0.25) is 5.91 Å². The van der Waals surface area contributed by atoms with E-state index in [4.69, 9.17) is 0 Å². The summed E-state index contributed by atoms with van der Waals surface area (Å²) in [7, 11) is 0. The summed E-state index contributed by atoms with van der Waals surface area (Å²) < 4.78 is -0.291. The number of anilines is 1. The summed E-state index contributed by atoms with van der Waals surface area (Å²) >= 11 is 1.73. The predicted octanol–water partition coefficient (Wildman–Crippen LogP) is 2.93. The van der Waals surface area contributed by atoms with Crippen LogP contribution in [0.1, 0.15) is 46.2 Å². The maximum Gasteiger partial charge on any atom is 0.241 e. The summed E-state index contributed by atoms with van der Waals surface area (Å²) in [5.41, 5.74) is 1.05. The van der Waals surface area contributed by atoms with Gasteiger partial charge in [0.05, 0.1) is 4.75 Å². The highest BCUT2D eigenvalue weighted by atomic mass is 32.2. The first kappa shape index (κ1) is 13.5. The van der Waals surface area contributed by atoms with E-state index in [-0.39, 0.29) is 16.1 Å². The molecule has 1 unspecified atom stereocenters. The Kier molecular flexibility index (Phi) is 3.45. The van der Waals surface area contributed by atoms with Crippen LogP contribution in [-0.2, 0) is 10.2 Å². The monoisotopic (exact) mass is 267 g/mol. The Labute approximate surface area is 112 Å². The highest BCUT2D eigenvalue weighted by molar-refractivity contribution is 8.01. The number of rotatable bonds is 2. The standard InChI is InChI=1S/C13H21N3OS/c1-12(2,3)9-8-10(16-15-9)14-11(17)13(4)6-5-7-18-13/h8H,5-7H2,1-4H3,(H2,14,15,16,17). The number of aromatic nitrogens is 2. The number of nitrogens with one attached hydrogen (secondary N) is 2. The molecular weight excluding hydrogens is 246 g/mol. The Balaban J connectivity index is 2.06. The zero-order valence-corrected chi connectivity index (χ0v) is 12.3. The second kappa shape index (κ2) is 4.61. The minimum Gasteiger partial charge on any atom is -0.308 e. The van der Waals surface area contributed by atoms with Gasteiger partial charge in [-0.05, 0) is 25.5 Å². The molecule has 2 N–H and O–H groups in total. The molecule has 0 aliphatic carbocycles. The second-order valence-corrected chi connectivity index (χ2v) is 7.65. The number of hydrogen-bond donors (Lipinski definition) is 2. The molecule has 4 nitrogen and oxygen atoms in total. The Hall–Kier alpha value is -0.970. The van der Waals surface area contributed by atoms with Crippen molar-refractivity contribution in [3.8, 4) is 0 Å². The van der Waals surface area contributed by atoms with Gasteiger partial charge < -0.3 is 5.32 Å². The molecule has 1 aromatic heterocycles. The molecule has 0 radical (unpaired) electrons. The van der Waals surface area contributed by atoms with E-state index in [9.17, 15) is 4.79 Å². The van der Waals surface area contributed by atoms with Gasteiger partial charge in [0.25, 0.3) is 0 Å². The number of thioether (sulfide) groups is 1. The van der Waals surface area contributed by atoms with Crippen molar-refractivity contribution >= 4 is 23.5 Å². The van der Waals surface area contributed by atoms with Crippen LogP contribution in [0.2, 0.25) is 0 Å². The topological polar surface area (TPSA) is 57.8 Å². The molecule has 0 aromatic carbocycles. The number of nitrogens with zero attached hydrogens (tertiary/aromatic N) is 1. The molecule has 1 aromatic rings. The first-order chi connectivity index (χ1) is 8.31. The van der Waals surface area contributed by atoms with Crippen LogP contribution in [0, 0.1) is 0 Å². The number of carbonyl (C=O) groups excluding carboxylic acids is 1. The summed E-state index contributed by atoms with van der Waals surface area (Å²) in [6, 6.07) is 1.92. The van der Waals surface area contributed by atoms with Crippen LogP contribution in [0.3, 0.4) is 0 Å². The van der Waals surface area contributed by atoms with Gasteiger partial charge in [-0.3, -0.25) is 9.89 Å². The molecule has 1 amide bonds. The second-order valence-electron chi connectivity index (χ2n) is 6.05. The van der Waals surface area contributed by atoms with E-state index in [1.807, 2.05) is 13.0 Å². The largest absolute Gasteiger partial charge is 0.308 e. The van der Waals surface area contributed by atoms with Crippen molar-refractivity contribution in [3.63, 3.8) is 0 Å². The van der Waals surface area contributed by atoms with Gasteiger partial charge in [-0.2, -0.15) is 5.10 Å². The molecule has 0 saturated carbocycles. The fourth-order valence-corrected chi connectivity index (χ4v) is 3.19. The maximum atomic E-state index is 12.2. The Bertz CT molecular complexity index is 441. The van der Waals surface area contributed by atoms with Crippen LogP contribution in [0.25, 0.3) is 0 Å². The molecule has 2 heterocycles. The SMILES string of the molecule is CC1(C(=O)Nc2cc(C(C)(C)C)[nH]n2)CCCS1. The number of amides is 1. The smallest absolute Gasteiger partial charge is 0.241 e. The maximum absolute atomic E-state index is 12.2. The third-order valence-corrected chi connectivity index (χ3v) is 4.85. The molecule has 1 aliphatic rings. The fraction of sp³-hybridized carbons (Fsp3) is 0.692. The number of aromatic amines is 1. The highest BCUT2D eigenvalue weighted by Crippen LogP contribution is 2.38. The van der Waals surface area contributed by atoms with Crippen molar-refractivity contribution in [2.45, 2.75) is 50.7 Å². The van der Waals surface area contributed by atoms with Gasteiger partial charge >= 0.3 is 0 Å². The Morgan fingerprint density at radius 2 is 2.28 bits per heavy atom. The molecule has 1 atom stereocenters. The van der Waals surface area contributed by atoms with Crippen LogP contribution in [0.15, 0.2) is 6.07 Å². The van der Waals surface area contributed by atoms with E-state index >= 15 is 0 Å². The summed E-state index contributed by atoms with van der Waals surface area (Å²) in [5, 5.41) is 10.1. The summed E-state index contributed by atoms with van der Waals surface area (Å²) in [6.07, 6.45) is 2.06. The summed E-state index contributed by atoms with van der Waals surface area (Å²) in [6.45, 7) is 8.35. The molecular formula is C13H21N3OS. The summed E-state index contributed by atoms with van der Waals surface area (Å²) in [4.78, 5) is 12.2. The van der Waals surface area contributed by atoms with E-state index in [1.165, 1.54) is 0 Å². The average Bonchev–Trinajstić information content (AvgIpc) is 2.86. The first-order valence-electron chi connectivity index (χ1n) is 6.33. The zero-order valence-electron chi connectivity index (χ0n) is 11.5. The van der Waals surface area contributed by atoms with E-state index < -0.39 is 0 Å². The normalized spacial score (nSPS) is 24.2. The number of carbonyl (C=O) groups is 1. The third-order valence-electron chi connectivity index (χ3n) is 3.33. The molecule has 0 spiro atoms. The molecule has 1 aliphatic heterocycles. The first-order valence-corrected chi connectivity index (χ1v) is 7.31. The molecule has 18 heavy (non-hydrogen) atoms. The minimum atomic E-state index is -0.291. The minimum absolute atomic E-state index is 0.0159. The van der Waals surface area contributed by atoms with E-state index in [2.05, 4.69) is 36.3 Å².